The van der Waals surface area contributed by atoms with E-state index in [0.29, 0.717) is 32.0 Å². The van der Waals surface area contributed by atoms with Crippen LogP contribution in [-0.4, -0.2) is 88.5 Å². The molecule has 1 aromatic rings. The van der Waals surface area contributed by atoms with Gasteiger partial charge >= 0.3 is 0 Å². The Labute approximate surface area is 124 Å². The van der Waals surface area contributed by atoms with Gasteiger partial charge in [-0.25, -0.2) is 4.98 Å². The minimum atomic E-state index is -0.153. The number of aryl methyl sites for hydroxylation is 1. The number of hydrogen-bond acceptors (Lipinski definition) is 5. The van der Waals surface area contributed by atoms with Crippen molar-refractivity contribution in [2.75, 3.05) is 46.8 Å². The molecule has 1 aliphatic rings. The Morgan fingerprint density at radius 2 is 2.00 bits per heavy atom. The zero-order chi connectivity index (χ0) is 15.4. The van der Waals surface area contributed by atoms with Crippen LogP contribution in [0.15, 0.2) is 0 Å². The summed E-state index contributed by atoms with van der Waals surface area (Å²) in [5.41, 5.74) is 0. The monoisotopic (exact) mass is 294 g/mol. The molecule has 0 atom stereocenters. The molecule has 0 spiro atoms. The summed E-state index contributed by atoms with van der Waals surface area (Å²) in [5, 5.41) is 6.59. The normalized spacial score (nSPS) is 16.6. The van der Waals surface area contributed by atoms with Crippen molar-refractivity contribution in [3.05, 3.63) is 11.6 Å². The van der Waals surface area contributed by atoms with Gasteiger partial charge in [0, 0.05) is 40.3 Å². The molecule has 1 fully saturated rings. The molecule has 8 nitrogen and oxygen atoms in total. The highest BCUT2D eigenvalue weighted by Gasteiger charge is 2.23. The van der Waals surface area contributed by atoms with E-state index < -0.39 is 0 Å². The molecule has 0 unspecified atom stereocenters. The number of aromatic amines is 1. The Balaban J connectivity index is 1.91. The van der Waals surface area contributed by atoms with Gasteiger partial charge < -0.3 is 9.80 Å². The molecule has 0 aromatic carbocycles. The van der Waals surface area contributed by atoms with Crippen molar-refractivity contribution in [3.63, 3.8) is 0 Å². The van der Waals surface area contributed by atoms with Crippen molar-refractivity contribution < 1.29 is 9.59 Å². The van der Waals surface area contributed by atoms with Crippen molar-refractivity contribution >= 4 is 11.8 Å². The summed E-state index contributed by atoms with van der Waals surface area (Å²) in [6.45, 7) is 4.92. The van der Waals surface area contributed by atoms with Crippen LogP contribution in [0, 0.1) is 6.92 Å². The smallest absolute Gasteiger partial charge is 0.293 e. The van der Waals surface area contributed by atoms with Gasteiger partial charge in [0.15, 0.2) is 0 Å². The van der Waals surface area contributed by atoms with E-state index in [-0.39, 0.29) is 17.6 Å². The quantitative estimate of drug-likeness (QED) is 0.800. The van der Waals surface area contributed by atoms with Crippen molar-refractivity contribution in [2.45, 2.75) is 13.3 Å². The van der Waals surface area contributed by atoms with Gasteiger partial charge in [0.25, 0.3) is 5.91 Å². The summed E-state index contributed by atoms with van der Waals surface area (Å²) < 4.78 is 0. The van der Waals surface area contributed by atoms with E-state index in [1.54, 1.807) is 30.8 Å². The maximum atomic E-state index is 12.3. The zero-order valence-corrected chi connectivity index (χ0v) is 12.8. The molecule has 21 heavy (non-hydrogen) atoms. The van der Waals surface area contributed by atoms with Gasteiger partial charge in [0.05, 0.1) is 6.54 Å². The van der Waals surface area contributed by atoms with Crippen LogP contribution >= 0.6 is 0 Å². The van der Waals surface area contributed by atoms with E-state index in [1.807, 2.05) is 0 Å². The highest BCUT2D eigenvalue weighted by atomic mass is 16.2. The van der Waals surface area contributed by atoms with Crippen LogP contribution in [0.3, 0.4) is 0 Å². The van der Waals surface area contributed by atoms with Gasteiger partial charge in [0.2, 0.25) is 11.7 Å². The Hall–Kier alpha value is -1.96. The molecule has 2 heterocycles. The SMILES string of the molecule is Cc1nc(C(=O)N2CCCN(CC(=O)N(C)C)CC2)n[nH]1. The molecule has 0 saturated carbocycles. The molecule has 0 bridgehead atoms. The molecule has 2 rings (SSSR count). The summed E-state index contributed by atoms with van der Waals surface area (Å²) in [5.74, 6) is 0.774. The highest BCUT2D eigenvalue weighted by Crippen LogP contribution is 2.07. The van der Waals surface area contributed by atoms with E-state index in [1.165, 1.54) is 0 Å². The van der Waals surface area contributed by atoms with Crippen LogP contribution in [0.1, 0.15) is 22.9 Å². The summed E-state index contributed by atoms with van der Waals surface area (Å²) in [6, 6.07) is 0. The van der Waals surface area contributed by atoms with Gasteiger partial charge in [0.1, 0.15) is 5.82 Å². The fraction of sp³-hybridized carbons (Fsp3) is 0.692. The lowest BCUT2D eigenvalue weighted by molar-refractivity contribution is -0.129. The number of amides is 2. The molecule has 1 N–H and O–H groups in total. The number of nitrogens with one attached hydrogen (secondary N) is 1. The van der Waals surface area contributed by atoms with Crippen molar-refractivity contribution in [1.29, 1.82) is 0 Å². The second kappa shape index (κ2) is 6.66. The Bertz CT molecular complexity index is 513. The third-order valence-electron chi connectivity index (χ3n) is 3.52. The van der Waals surface area contributed by atoms with E-state index in [0.717, 1.165) is 13.0 Å². The number of hydrogen-bond donors (Lipinski definition) is 1. The topological polar surface area (TPSA) is 85.4 Å². The van der Waals surface area contributed by atoms with Crippen LogP contribution in [0.2, 0.25) is 0 Å². The number of nitrogens with zero attached hydrogens (tertiary/aromatic N) is 5. The first-order valence-corrected chi connectivity index (χ1v) is 7.08. The minimum absolute atomic E-state index is 0.0827. The average Bonchev–Trinajstić information content (AvgIpc) is 2.74. The molecule has 8 heteroatoms. The first-order valence-electron chi connectivity index (χ1n) is 7.08. The van der Waals surface area contributed by atoms with Crippen molar-refractivity contribution in [2.24, 2.45) is 0 Å². The van der Waals surface area contributed by atoms with E-state index >= 15 is 0 Å². The zero-order valence-electron chi connectivity index (χ0n) is 12.8. The molecular formula is C13H22N6O2. The van der Waals surface area contributed by atoms with Crippen LogP contribution in [-0.2, 0) is 4.79 Å². The molecule has 2 amide bonds. The summed E-state index contributed by atoms with van der Waals surface area (Å²) >= 11 is 0. The second-order valence-electron chi connectivity index (χ2n) is 5.45. The molecule has 116 valence electrons. The van der Waals surface area contributed by atoms with Crippen LogP contribution in [0.5, 0.6) is 0 Å². The number of carbonyl (C=O) groups is 2. The number of likely N-dealkylation sites (N-methyl/N-ethyl adjacent to an activating group) is 1. The highest BCUT2D eigenvalue weighted by molar-refractivity contribution is 5.90. The third-order valence-corrected chi connectivity index (χ3v) is 3.52. The number of carbonyl (C=O) groups excluding carboxylic acids is 2. The third kappa shape index (κ3) is 4.01. The number of aromatic nitrogens is 3. The van der Waals surface area contributed by atoms with Crippen LogP contribution < -0.4 is 0 Å². The molecule has 0 radical (unpaired) electrons. The standard InChI is InChI=1S/C13H22N6O2/c1-10-14-12(16-15-10)13(21)19-6-4-5-18(7-8-19)9-11(20)17(2)3/h4-9H2,1-3H3,(H,14,15,16). The Morgan fingerprint density at radius 1 is 1.24 bits per heavy atom. The predicted octanol–water partition coefficient (Wildman–Crippen LogP) is -0.651. The fourth-order valence-corrected chi connectivity index (χ4v) is 2.24. The number of rotatable bonds is 3. The van der Waals surface area contributed by atoms with Crippen molar-refractivity contribution in [3.8, 4) is 0 Å². The van der Waals surface area contributed by atoms with Gasteiger partial charge in [-0.1, -0.05) is 0 Å². The van der Waals surface area contributed by atoms with Gasteiger partial charge in [-0.05, 0) is 13.3 Å². The first kappa shape index (κ1) is 15.4. The molecular weight excluding hydrogens is 272 g/mol. The van der Waals surface area contributed by atoms with Crippen LogP contribution in [0.4, 0.5) is 0 Å². The van der Waals surface area contributed by atoms with Crippen LogP contribution in [0.25, 0.3) is 0 Å². The first-order chi connectivity index (χ1) is 9.97. The van der Waals surface area contributed by atoms with E-state index in [4.69, 9.17) is 0 Å². The lowest BCUT2D eigenvalue weighted by atomic mass is 10.3. The largest absolute Gasteiger partial charge is 0.348 e. The van der Waals surface area contributed by atoms with Gasteiger partial charge in [-0.3, -0.25) is 19.6 Å². The average molecular weight is 294 g/mol. The lowest BCUT2D eigenvalue weighted by Gasteiger charge is -2.22. The summed E-state index contributed by atoms with van der Waals surface area (Å²) in [6.07, 6.45) is 0.843. The van der Waals surface area contributed by atoms with Crippen molar-refractivity contribution in [1.82, 2.24) is 29.9 Å². The fourth-order valence-electron chi connectivity index (χ4n) is 2.24. The molecule has 0 aliphatic carbocycles. The summed E-state index contributed by atoms with van der Waals surface area (Å²) in [7, 11) is 3.50. The minimum Gasteiger partial charge on any atom is -0.348 e. The molecule has 1 aromatic heterocycles. The predicted molar refractivity (Wildman–Crippen MR) is 76.8 cm³/mol. The maximum absolute atomic E-state index is 12.3. The maximum Gasteiger partial charge on any atom is 0.293 e. The van der Waals surface area contributed by atoms with E-state index in [9.17, 15) is 9.59 Å². The van der Waals surface area contributed by atoms with E-state index in [2.05, 4.69) is 20.1 Å². The Kier molecular flexibility index (Phi) is 4.89. The lowest BCUT2D eigenvalue weighted by Crippen LogP contribution is -2.39. The molecule has 1 saturated heterocycles. The second-order valence-corrected chi connectivity index (χ2v) is 5.45. The number of H-pyrrole nitrogens is 1. The molecule has 1 aliphatic heterocycles. The van der Waals surface area contributed by atoms with Gasteiger partial charge in [-0.15, -0.1) is 5.10 Å². The Morgan fingerprint density at radius 3 is 2.62 bits per heavy atom. The van der Waals surface area contributed by atoms with Gasteiger partial charge in [-0.2, -0.15) is 0 Å². The summed E-state index contributed by atoms with van der Waals surface area (Å²) in [4.78, 5) is 33.5.